The molecule has 0 aromatic heterocycles. The van der Waals surface area contributed by atoms with E-state index in [4.69, 9.17) is 0 Å². The first kappa shape index (κ1) is 15.8. The normalized spacial score (nSPS) is 19.9. The van der Waals surface area contributed by atoms with Crippen molar-refractivity contribution in [2.45, 2.75) is 31.5 Å². The van der Waals surface area contributed by atoms with Crippen LogP contribution in [0.15, 0.2) is 0 Å². The summed E-state index contributed by atoms with van der Waals surface area (Å²) in [5, 5.41) is 3.34. The van der Waals surface area contributed by atoms with Crippen LogP contribution in [-0.2, 0) is 4.79 Å². The molecule has 1 rings (SSSR count). The number of rotatable bonds is 4. The van der Waals surface area contributed by atoms with E-state index in [-0.39, 0.29) is 0 Å². The molecule has 1 amide bonds. The fourth-order valence-electron chi connectivity index (χ4n) is 2.07. The first-order valence-electron chi connectivity index (χ1n) is 5.96. The van der Waals surface area contributed by atoms with Gasteiger partial charge >= 0.3 is 6.18 Å². The summed E-state index contributed by atoms with van der Waals surface area (Å²) in [6.45, 7) is 1.09. The summed E-state index contributed by atoms with van der Waals surface area (Å²) in [5.41, 5.74) is 0. The number of hydrogen-bond acceptors (Lipinski definition) is 2. The molecule has 1 saturated heterocycles. The molecule has 0 saturated carbocycles. The Morgan fingerprint density at radius 1 is 1.44 bits per heavy atom. The van der Waals surface area contributed by atoms with Gasteiger partial charge in [0.1, 0.15) is 0 Å². The predicted octanol–water partition coefficient (Wildman–Crippen LogP) is 2.16. The number of alkyl halides is 4. The lowest BCUT2D eigenvalue weighted by Gasteiger charge is -2.33. The number of halogens is 4. The minimum atomic E-state index is -4.32. The summed E-state index contributed by atoms with van der Waals surface area (Å²) in [4.78, 5) is 13.5. The van der Waals surface area contributed by atoms with E-state index in [2.05, 4.69) is 21.2 Å². The Morgan fingerprint density at radius 3 is 2.39 bits per heavy atom. The largest absolute Gasteiger partial charge is 0.391 e. The van der Waals surface area contributed by atoms with Crippen LogP contribution in [0.4, 0.5) is 13.2 Å². The zero-order valence-electron chi connectivity index (χ0n) is 10.3. The van der Waals surface area contributed by atoms with E-state index in [1.807, 2.05) is 0 Å². The van der Waals surface area contributed by atoms with E-state index in [9.17, 15) is 18.0 Å². The molecule has 0 aromatic rings. The molecule has 0 aliphatic carbocycles. The summed E-state index contributed by atoms with van der Waals surface area (Å²) >= 11 is 3.39. The number of likely N-dealkylation sites (N-methyl/N-ethyl adjacent to an activating group) is 1. The lowest BCUT2D eigenvalue weighted by Crippen LogP contribution is -2.49. The summed E-state index contributed by atoms with van der Waals surface area (Å²) in [7, 11) is 1.39. The summed E-state index contributed by atoms with van der Waals surface area (Å²) in [6.07, 6.45) is -3.74. The molecule has 1 unspecified atom stereocenters. The maximum absolute atomic E-state index is 12.3. The average Bonchev–Trinajstić information content (AvgIpc) is 2.34. The molecule has 7 heteroatoms. The van der Waals surface area contributed by atoms with Gasteiger partial charge in [-0.3, -0.25) is 4.79 Å². The van der Waals surface area contributed by atoms with Crippen molar-refractivity contribution in [2.75, 3.05) is 25.5 Å². The third-order valence-corrected chi connectivity index (χ3v) is 4.14. The third-order valence-electron chi connectivity index (χ3n) is 3.23. The number of likely N-dealkylation sites (tertiary alicyclic amines) is 1. The van der Waals surface area contributed by atoms with E-state index >= 15 is 0 Å². The van der Waals surface area contributed by atoms with Gasteiger partial charge in [-0.05, 0) is 25.8 Å². The van der Waals surface area contributed by atoms with Crippen LogP contribution in [0.5, 0.6) is 0 Å². The number of hydrogen-bond donors (Lipinski definition) is 1. The van der Waals surface area contributed by atoms with E-state index < -0.39 is 24.5 Å². The molecule has 1 aliphatic rings. The molecule has 1 aliphatic heterocycles. The Kier molecular flexibility index (Phi) is 5.91. The number of piperidine rings is 1. The van der Waals surface area contributed by atoms with Gasteiger partial charge < -0.3 is 10.2 Å². The van der Waals surface area contributed by atoms with Crippen LogP contribution in [0, 0.1) is 5.92 Å². The summed E-state index contributed by atoms with van der Waals surface area (Å²) < 4.78 is 37.0. The van der Waals surface area contributed by atoms with Gasteiger partial charge in [-0.25, -0.2) is 0 Å². The molecule has 0 aromatic carbocycles. The molecule has 1 fully saturated rings. The lowest BCUT2D eigenvalue weighted by molar-refractivity contribution is -0.154. The van der Waals surface area contributed by atoms with Crippen LogP contribution in [0.2, 0.25) is 0 Å². The molecule has 106 valence electrons. The van der Waals surface area contributed by atoms with Gasteiger partial charge in [0.2, 0.25) is 5.91 Å². The fourth-order valence-corrected chi connectivity index (χ4v) is 2.72. The van der Waals surface area contributed by atoms with Gasteiger partial charge in [0, 0.05) is 18.4 Å². The quantitative estimate of drug-likeness (QED) is 0.801. The molecule has 0 radical (unpaired) electrons. The van der Waals surface area contributed by atoms with Crippen LogP contribution in [0.3, 0.4) is 0 Å². The first-order valence-corrected chi connectivity index (χ1v) is 7.08. The number of carbonyl (C=O) groups excluding carboxylic acids is 1. The van der Waals surface area contributed by atoms with Crippen molar-refractivity contribution in [3.63, 3.8) is 0 Å². The Labute approximate surface area is 113 Å². The van der Waals surface area contributed by atoms with E-state index in [0.717, 1.165) is 18.2 Å². The van der Waals surface area contributed by atoms with Crippen molar-refractivity contribution in [2.24, 2.45) is 5.92 Å². The third kappa shape index (κ3) is 4.76. The summed E-state index contributed by atoms with van der Waals surface area (Å²) in [6, 6.07) is -1.16. The molecule has 1 atom stereocenters. The molecule has 3 nitrogen and oxygen atoms in total. The molecule has 0 spiro atoms. The van der Waals surface area contributed by atoms with Crippen molar-refractivity contribution in [3.05, 3.63) is 0 Å². The fraction of sp³-hybridized carbons (Fsp3) is 0.909. The SMILES string of the molecule is CNC(CC(F)(F)F)C(=O)N1CCC(CBr)CC1. The Hall–Kier alpha value is -0.300. The highest BCUT2D eigenvalue weighted by Crippen LogP contribution is 2.24. The summed E-state index contributed by atoms with van der Waals surface area (Å²) in [5.74, 6) is 0.0764. The maximum Gasteiger partial charge on any atom is 0.391 e. The van der Waals surface area contributed by atoms with Crippen molar-refractivity contribution >= 4 is 21.8 Å². The topological polar surface area (TPSA) is 32.3 Å². The van der Waals surface area contributed by atoms with Gasteiger partial charge in [-0.1, -0.05) is 15.9 Å². The van der Waals surface area contributed by atoms with E-state index in [1.54, 1.807) is 0 Å². The lowest BCUT2D eigenvalue weighted by atomic mass is 9.98. The number of carbonyl (C=O) groups is 1. The van der Waals surface area contributed by atoms with Crippen molar-refractivity contribution in [1.29, 1.82) is 0 Å². The number of nitrogens with zero attached hydrogens (tertiary/aromatic N) is 1. The van der Waals surface area contributed by atoms with Gasteiger partial charge in [0.15, 0.2) is 0 Å². The zero-order chi connectivity index (χ0) is 13.8. The second kappa shape index (κ2) is 6.75. The van der Waals surface area contributed by atoms with E-state index in [1.165, 1.54) is 11.9 Å². The van der Waals surface area contributed by atoms with Crippen molar-refractivity contribution in [1.82, 2.24) is 10.2 Å². The smallest absolute Gasteiger partial charge is 0.341 e. The van der Waals surface area contributed by atoms with Gasteiger partial charge in [0.05, 0.1) is 12.5 Å². The Bertz CT molecular complexity index is 278. The standard InChI is InChI=1S/C11H18BrF3N2O/c1-16-9(6-11(13,14)15)10(18)17-4-2-8(7-12)3-5-17/h8-9,16H,2-7H2,1H3. The minimum Gasteiger partial charge on any atom is -0.341 e. The molecular formula is C11H18BrF3N2O. The predicted molar refractivity (Wildman–Crippen MR) is 66.6 cm³/mol. The highest BCUT2D eigenvalue weighted by atomic mass is 79.9. The molecule has 0 bridgehead atoms. The second-order valence-electron chi connectivity index (χ2n) is 4.58. The monoisotopic (exact) mass is 330 g/mol. The number of nitrogens with one attached hydrogen (secondary N) is 1. The molecule has 1 heterocycles. The highest BCUT2D eigenvalue weighted by Gasteiger charge is 2.36. The van der Waals surface area contributed by atoms with Crippen LogP contribution < -0.4 is 5.32 Å². The first-order chi connectivity index (χ1) is 8.37. The Morgan fingerprint density at radius 2 is 2.00 bits per heavy atom. The van der Waals surface area contributed by atoms with E-state index in [0.29, 0.717) is 19.0 Å². The second-order valence-corrected chi connectivity index (χ2v) is 5.23. The van der Waals surface area contributed by atoms with Gasteiger partial charge in [0.25, 0.3) is 0 Å². The van der Waals surface area contributed by atoms with Gasteiger partial charge in [-0.2, -0.15) is 13.2 Å². The molecule has 18 heavy (non-hydrogen) atoms. The average molecular weight is 331 g/mol. The van der Waals surface area contributed by atoms with Gasteiger partial charge in [-0.15, -0.1) is 0 Å². The van der Waals surface area contributed by atoms with Crippen LogP contribution in [-0.4, -0.2) is 48.5 Å². The van der Waals surface area contributed by atoms with Crippen LogP contribution in [0.25, 0.3) is 0 Å². The Balaban J connectivity index is 2.52. The zero-order valence-corrected chi connectivity index (χ0v) is 11.9. The van der Waals surface area contributed by atoms with Crippen LogP contribution in [0.1, 0.15) is 19.3 Å². The minimum absolute atomic E-state index is 0.442. The molecule has 1 N–H and O–H groups in total. The number of amides is 1. The van der Waals surface area contributed by atoms with Crippen molar-refractivity contribution < 1.29 is 18.0 Å². The maximum atomic E-state index is 12.3. The molecular weight excluding hydrogens is 313 g/mol. The highest BCUT2D eigenvalue weighted by molar-refractivity contribution is 9.09. The van der Waals surface area contributed by atoms with Crippen molar-refractivity contribution in [3.8, 4) is 0 Å². The van der Waals surface area contributed by atoms with Crippen LogP contribution >= 0.6 is 15.9 Å².